The summed E-state index contributed by atoms with van der Waals surface area (Å²) in [5.41, 5.74) is 2.73. The summed E-state index contributed by atoms with van der Waals surface area (Å²) in [6.45, 7) is 4.00. The zero-order chi connectivity index (χ0) is 22.9. The molecule has 1 amide bonds. The number of hydrogen-bond donors (Lipinski definition) is 2. The Hall–Kier alpha value is -4.05. The minimum Gasteiger partial charge on any atom is -0.321 e. The summed E-state index contributed by atoms with van der Waals surface area (Å²) in [4.78, 5) is 37.8. The highest BCUT2D eigenvalue weighted by Crippen LogP contribution is 2.27. The number of H-pyrrole nitrogens is 1. The maximum Gasteiger partial charge on any atom is 0.252 e. The number of thiophene rings is 1. The number of nitrogens with one attached hydrogen (secondary N) is 2. The van der Waals surface area contributed by atoms with Crippen molar-refractivity contribution in [2.45, 2.75) is 26.3 Å². The van der Waals surface area contributed by atoms with Gasteiger partial charge in [0.25, 0.3) is 5.56 Å². The molecule has 0 aliphatic heterocycles. The van der Waals surface area contributed by atoms with Gasteiger partial charge < -0.3 is 9.88 Å². The summed E-state index contributed by atoms with van der Waals surface area (Å²) >= 11 is 1.54. The lowest BCUT2D eigenvalue weighted by Gasteiger charge is -2.10. The number of carbonyl (C=O) groups is 1. The number of amides is 1. The molecular weight excluding hydrogens is 438 g/mol. The number of benzene rings is 1. The summed E-state index contributed by atoms with van der Waals surface area (Å²) in [7, 11) is 0. The molecule has 1 aromatic carbocycles. The second kappa shape index (κ2) is 8.47. The Morgan fingerprint density at radius 2 is 2.03 bits per heavy atom. The topological polar surface area (TPSA) is 110 Å². The molecule has 0 radical (unpaired) electrons. The summed E-state index contributed by atoms with van der Waals surface area (Å²) in [6, 6.07) is 14.8. The van der Waals surface area contributed by atoms with E-state index in [0.29, 0.717) is 17.2 Å². The molecule has 10 heteroatoms. The average molecular weight is 460 g/mol. The number of fused-ring (bicyclic) bond motifs is 1. The number of para-hydroxylation sites is 2. The Morgan fingerprint density at radius 3 is 2.82 bits per heavy atom. The first-order valence-electron chi connectivity index (χ1n) is 10.4. The van der Waals surface area contributed by atoms with Crippen LogP contribution in [0.4, 0.5) is 5.82 Å². The minimum absolute atomic E-state index is 0.0611. The number of imidazole rings is 1. The molecule has 0 unspecified atom stereocenters. The molecule has 0 saturated carbocycles. The van der Waals surface area contributed by atoms with E-state index in [0.717, 1.165) is 15.9 Å². The normalized spacial score (nSPS) is 11.4. The highest BCUT2D eigenvalue weighted by atomic mass is 32.1. The molecule has 0 aliphatic carbocycles. The molecular formula is C23H21N7O2S. The van der Waals surface area contributed by atoms with Crippen molar-refractivity contribution in [3.63, 3.8) is 0 Å². The second-order valence-corrected chi connectivity index (χ2v) is 8.81. The van der Waals surface area contributed by atoms with E-state index in [-0.39, 0.29) is 29.9 Å². The Bertz CT molecular complexity index is 1490. The molecule has 5 rings (SSSR count). The number of aromatic nitrogens is 6. The van der Waals surface area contributed by atoms with Crippen LogP contribution in [0.25, 0.3) is 27.6 Å². The summed E-state index contributed by atoms with van der Waals surface area (Å²) in [5, 5.41) is 9.50. The first kappa shape index (κ1) is 20.8. The van der Waals surface area contributed by atoms with Gasteiger partial charge in [0.2, 0.25) is 11.9 Å². The third-order valence-corrected chi connectivity index (χ3v) is 6.03. The van der Waals surface area contributed by atoms with Crippen LogP contribution >= 0.6 is 11.3 Å². The van der Waals surface area contributed by atoms with Crippen LogP contribution in [-0.4, -0.2) is 35.2 Å². The van der Waals surface area contributed by atoms with E-state index >= 15 is 0 Å². The van der Waals surface area contributed by atoms with E-state index in [1.807, 2.05) is 55.6 Å². The number of carbonyl (C=O) groups excluding carboxylic acids is 1. The molecule has 33 heavy (non-hydrogen) atoms. The predicted molar refractivity (Wildman–Crippen MR) is 128 cm³/mol. The third-order valence-electron chi connectivity index (χ3n) is 5.13. The maximum atomic E-state index is 13.0. The molecule has 166 valence electrons. The lowest BCUT2D eigenvalue weighted by atomic mass is 10.1. The lowest BCUT2D eigenvalue weighted by molar-refractivity contribution is -0.116. The molecule has 0 fully saturated rings. The number of hydrogen-bond acceptors (Lipinski definition) is 6. The van der Waals surface area contributed by atoms with E-state index in [1.165, 1.54) is 22.1 Å². The van der Waals surface area contributed by atoms with Gasteiger partial charge in [0.1, 0.15) is 18.1 Å². The Labute approximate surface area is 192 Å². The highest BCUT2D eigenvalue weighted by Gasteiger charge is 2.18. The monoisotopic (exact) mass is 459 g/mol. The molecule has 5 aromatic rings. The van der Waals surface area contributed by atoms with Crippen molar-refractivity contribution in [2.75, 3.05) is 5.32 Å². The summed E-state index contributed by atoms with van der Waals surface area (Å²) < 4.78 is 3.25. The smallest absolute Gasteiger partial charge is 0.252 e. The molecule has 0 spiro atoms. The molecule has 4 aromatic heterocycles. The number of rotatable bonds is 6. The van der Waals surface area contributed by atoms with Crippen LogP contribution in [0.2, 0.25) is 0 Å². The molecule has 0 saturated heterocycles. The van der Waals surface area contributed by atoms with Crippen LogP contribution < -0.4 is 10.9 Å². The number of anilines is 1. The maximum absolute atomic E-state index is 13.0. The van der Waals surface area contributed by atoms with E-state index in [9.17, 15) is 9.59 Å². The van der Waals surface area contributed by atoms with E-state index in [2.05, 4.69) is 25.4 Å². The van der Waals surface area contributed by atoms with Crippen LogP contribution in [0.1, 0.15) is 25.5 Å². The van der Waals surface area contributed by atoms with Crippen molar-refractivity contribution >= 4 is 34.1 Å². The minimum atomic E-state index is -0.279. The van der Waals surface area contributed by atoms with Gasteiger partial charge in [-0.3, -0.25) is 14.6 Å². The fourth-order valence-corrected chi connectivity index (χ4v) is 4.19. The van der Waals surface area contributed by atoms with E-state index in [4.69, 9.17) is 0 Å². The zero-order valence-electron chi connectivity index (χ0n) is 18.0. The third kappa shape index (κ3) is 4.20. The fraction of sp³-hybridized carbons (Fsp3) is 0.174. The first-order valence-corrected chi connectivity index (χ1v) is 11.3. The van der Waals surface area contributed by atoms with Gasteiger partial charge >= 0.3 is 0 Å². The largest absolute Gasteiger partial charge is 0.321 e. The van der Waals surface area contributed by atoms with Crippen LogP contribution in [-0.2, 0) is 11.3 Å². The standard InChI is InChI=1S/C23H21N7O2S/c1-14(2)16-11-21(31)27-23(25-16)30-20(10-17(28-30)19-8-5-9-33-19)26-22(32)12-29-13-24-15-6-3-4-7-18(15)29/h3-11,13-14H,12H2,1-2H3,(H,26,32)(H,25,27,31). The van der Waals surface area contributed by atoms with Crippen LogP contribution in [0.15, 0.2) is 65.0 Å². The van der Waals surface area contributed by atoms with Crippen molar-refractivity contribution in [3.05, 3.63) is 76.3 Å². The lowest BCUT2D eigenvalue weighted by Crippen LogP contribution is -2.22. The van der Waals surface area contributed by atoms with E-state index in [1.54, 1.807) is 17.0 Å². The summed E-state index contributed by atoms with van der Waals surface area (Å²) in [5.74, 6) is 0.472. The molecule has 0 atom stereocenters. The van der Waals surface area contributed by atoms with Gasteiger partial charge in [-0.1, -0.05) is 32.0 Å². The van der Waals surface area contributed by atoms with Gasteiger partial charge in [0, 0.05) is 12.1 Å². The first-order chi connectivity index (χ1) is 16.0. The van der Waals surface area contributed by atoms with Crippen molar-refractivity contribution in [1.29, 1.82) is 0 Å². The van der Waals surface area contributed by atoms with Crippen molar-refractivity contribution in [3.8, 4) is 16.5 Å². The quantitative estimate of drug-likeness (QED) is 0.401. The summed E-state index contributed by atoms with van der Waals surface area (Å²) in [6.07, 6.45) is 1.64. The molecule has 0 bridgehead atoms. The molecule has 9 nitrogen and oxygen atoms in total. The van der Waals surface area contributed by atoms with Crippen molar-refractivity contribution in [1.82, 2.24) is 29.3 Å². The van der Waals surface area contributed by atoms with Crippen LogP contribution in [0.5, 0.6) is 0 Å². The van der Waals surface area contributed by atoms with Crippen LogP contribution in [0.3, 0.4) is 0 Å². The molecule has 2 N–H and O–H groups in total. The van der Waals surface area contributed by atoms with Crippen molar-refractivity contribution in [2.24, 2.45) is 0 Å². The molecule has 0 aliphatic rings. The van der Waals surface area contributed by atoms with E-state index < -0.39 is 0 Å². The number of aromatic amines is 1. The second-order valence-electron chi connectivity index (χ2n) is 7.86. The number of nitrogens with zero attached hydrogens (tertiary/aromatic N) is 5. The molecule has 4 heterocycles. The Kier molecular flexibility index (Phi) is 5.35. The van der Waals surface area contributed by atoms with Gasteiger partial charge in [0.15, 0.2) is 0 Å². The van der Waals surface area contributed by atoms with Gasteiger partial charge in [-0.2, -0.15) is 9.78 Å². The Balaban J connectivity index is 1.51. The zero-order valence-corrected chi connectivity index (χ0v) is 18.8. The van der Waals surface area contributed by atoms with Crippen molar-refractivity contribution < 1.29 is 4.79 Å². The highest BCUT2D eigenvalue weighted by molar-refractivity contribution is 7.13. The van der Waals surface area contributed by atoms with Gasteiger partial charge in [-0.25, -0.2) is 9.97 Å². The van der Waals surface area contributed by atoms with Crippen LogP contribution in [0, 0.1) is 0 Å². The van der Waals surface area contributed by atoms with Gasteiger partial charge in [0.05, 0.1) is 27.9 Å². The Morgan fingerprint density at radius 1 is 1.18 bits per heavy atom. The van der Waals surface area contributed by atoms with Gasteiger partial charge in [-0.15, -0.1) is 11.3 Å². The SMILES string of the molecule is CC(C)c1cc(=O)[nH]c(-n2nc(-c3cccs3)cc2NC(=O)Cn2cnc3ccccc32)n1. The predicted octanol–water partition coefficient (Wildman–Crippen LogP) is 3.80. The average Bonchev–Trinajstić information content (AvgIpc) is 3.53. The van der Waals surface area contributed by atoms with Gasteiger partial charge in [-0.05, 0) is 29.5 Å². The fourth-order valence-electron chi connectivity index (χ4n) is 3.51.